The molecular weight excluding hydrogens is 404 g/mol. The summed E-state index contributed by atoms with van der Waals surface area (Å²) in [6, 6.07) is 18.8. The van der Waals surface area contributed by atoms with Gasteiger partial charge in [-0.05, 0) is 41.5 Å². The first-order chi connectivity index (χ1) is 14.9. The molecule has 6 nitrogen and oxygen atoms in total. The molecule has 2 N–H and O–H groups in total. The lowest BCUT2D eigenvalue weighted by molar-refractivity contribution is -0.129. The molecule has 0 aliphatic carbocycles. The molecule has 2 heterocycles. The quantitative estimate of drug-likeness (QED) is 0.691. The Hall–Kier alpha value is -3.94. The van der Waals surface area contributed by atoms with Crippen molar-refractivity contribution in [2.75, 3.05) is 7.05 Å². The lowest BCUT2D eigenvalue weighted by atomic mass is 9.79. The number of hydrogen-bond acceptors (Lipinski definition) is 5. The number of hydrogen-bond donors (Lipinski definition) is 1. The van der Waals surface area contributed by atoms with Crippen LogP contribution in [-0.4, -0.2) is 30.4 Å². The number of guanidine groups is 1. The highest BCUT2D eigenvalue weighted by Gasteiger charge is 2.54. The molecule has 0 fully saturated rings. The summed E-state index contributed by atoms with van der Waals surface area (Å²) in [7, 11) is 1.57. The number of alkyl halides is 2. The number of benzene rings is 3. The summed E-state index contributed by atoms with van der Waals surface area (Å²) in [5.74, 6) is 0.845. The number of nitrogens with zero attached hydrogens (tertiary/aromatic N) is 2. The standard InChI is InChI=1S/C23H17F2N3O3/c1-28-20(29)23(27-22(28)26)16-7-2-3-8-18(16)31-19-10-9-14(12-17(19)23)13-5-4-6-15(11-13)30-21(24)25/h2-12,21H,1H3,(H2,26,27). The Kier molecular flexibility index (Phi) is 4.18. The van der Waals surface area contributed by atoms with E-state index >= 15 is 0 Å². The van der Waals surface area contributed by atoms with Crippen molar-refractivity contribution in [1.82, 2.24) is 4.90 Å². The molecule has 0 saturated heterocycles. The number of halogens is 2. The fraction of sp³-hybridized carbons (Fsp3) is 0.130. The average molecular weight is 421 g/mol. The van der Waals surface area contributed by atoms with Gasteiger partial charge in [-0.1, -0.05) is 36.4 Å². The van der Waals surface area contributed by atoms with Crippen LogP contribution in [0.3, 0.4) is 0 Å². The minimum Gasteiger partial charge on any atom is -0.457 e. The van der Waals surface area contributed by atoms with E-state index in [0.29, 0.717) is 33.8 Å². The maximum absolute atomic E-state index is 13.4. The summed E-state index contributed by atoms with van der Waals surface area (Å²) >= 11 is 0. The first-order valence-electron chi connectivity index (χ1n) is 9.51. The van der Waals surface area contributed by atoms with Crippen molar-refractivity contribution in [1.29, 1.82) is 0 Å². The Labute approximate surface area is 176 Å². The summed E-state index contributed by atoms with van der Waals surface area (Å²) in [6.45, 7) is -2.92. The zero-order valence-electron chi connectivity index (χ0n) is 16.4. The van der Waals surface area contributed by atoms with Gasteiger partial charge in [-0.2, -0.15) is 8.78 Å². The second-order valence-electron chi connectivity index (χ2n) is 7.26. The van der Waals surface area contributed by atoms with E-state index in [0.717, 1.165) is 0 Å². The van der Waals surface area contributed by atoms with Crippen LogP contribution in [0.25, 0.3) is 11.1 Å². The number of ether oxygens (including phenoxy) is 2. The molecule has 156 valence electrons. The van der Waals surface area contributed by atoms with Crippen LogP contribution in [0.5, 0.6) is 17.2 Å². The highest BCUT2D eigenvalue weighted by atomic mass is 19.3. The fourth-order valence-corrected chi connectivity index (χ4v) is 4.04. The minimum atomic E-state index is -2.92. The molecule has 8 heteroatoms. The summed E-state index contributed by atoms with van der Waals surface area (Å²) in [5.41, 5.74) is 7.11. The van der Waals surface area contributed by atoms with Crippen LogP contribution >= 0.6 is 0 Å². The second kappa shape index (κ2) is 6.80. The van der Waals surface area contributed by atoms with Crippen molar-refractivity contribution in [2.24, 2.45) is 10.7 Å². The van der Waals surface area contributed by atoms with Gasteiger partial charge in [0.25, 0.3) is 5.91 Å². The molecule has 0 aromatic heterocycles. The van der Waals surface area contributed by atoms with Crippen LogP contribution in [0.4, 0.5) is 8.78 Å². The number of nitrogens with two attached hydrogens (primary N) is 1. The number of carbonyl (C=O) groups excluding carboxylic acids is 1. The number of fused-ring (bicyclic) bond motifs is 4. The first-order valence-corrected chi connectivity index (χ1v) is 9.51. The van der Waals surface area contributed by atoms with Crippen molar-refractivity contribution >= 4 is 11.9 Å². The number of carbonyl (C=O) groups is 1. The monoisotopic (exact) mass is 421 g/mol. The van der Waals surface area contributed by atoms with Crippen molar-refractivity contribution in [3.63, 3.8) is 0 Å². The van der Waals surface area contributed by atoms with Crippen molar-refractivity contribution in [2.45, 2.75) is 12.2 Å². The van der Waals surface area contributed by atoms with E-state index in [2.05, 4.69) is 9.73 Å². The Morgan fingerprint density at radius 2 is 1.74 bits per heavy atom. The molecule has 0 bridgehead atoms. The van der Waals surface area contributed by atoms with E-state index in [-0.39, 0.29) is 17.6 Å². The van der Waals surface area contributed by atoms with Gasteiger partial charge in [0.2, 0.25) is 5.54 Å². The number of aliphatic imine (C=N–C) groups is 1. The van der Waals surface area contributed by atoms with Crippen LogP contribution in [0.2, 0.25) is 0 Å². The number of amides is 1. The van der Waals surface area contributed by atoms with E-state index in [4.69, 9.17) is 10.5 Å². The molecule has 0 radical (unpaired) electrons. The van der Waals surface area contributed by atoms with Gasteiger partial charge in [-0.15, -0.1) is 0 Å². The van der Waals surface area contributed by atoms with Crippen LogP contribution in [0.1, 0.15) is 11.1 Å². The van der Waals surface area contributed by atoms with E-state index in [9.17, 15) is 13.6 Å². The van der Waals surface area contributed by atoms with E-state index < -0.39 is 12.2 Å². The minimum absolute atomic E-state index is 0.0421. The van der Waals surface area contributed by atoms with Crippen LogP contribution in [0, 0.1) is 0 Å². The third-order valence-electron chi connectivity index (χ3n) is 5.50. The molecule has 1 amide bonds. The first kappa shape index (κ1) is 19.0. The van der Waals surface area contributed by atoms with Gasteiger partial charge in [-0.3, -0.25) is 9.69 Å². The lowest BCUT2D eigenvalue weighted by Gasteiger charge is -2.33. The highest BCUT2D eigenvalue weighted by molar-refractivity contribution is 6.10. The van der Waals surface area contributed by atoms with Crippen LogP contribution in [-0.2, 0) is 10.3 Å². The van der Waals surface area contributed by atoms with Crippen molar-refractivity contribution in [3.8, 4) is 28.4 Å². The largest absolute Gasteiger partial charge is 0.457 e. The number of rotatable bonds is 3. The molecule has 2 aliphatic rings. The summed E-state index contributed by atoms with van der Waals surface area (Å²) in [4.78, 5) is 19.3. The average Bonchev–Trinajstić information content (AvgIpc) is 2.98. The SMILES string of the molecule is CN1C(=O)C2(N=C1N)c1ccccc1Oc1ccc(-c3cccc(OC(F)F)c3)cc12. The molecule has 0 saturated carbocycles. The van der Waals surface area contributed by atoms with Crippen LogP contribution < -0.4 is 15.2 Å². The zero-order chi connectivity index (χ0) is 21.8. The molecule has 1 spiro atoms. The Morgan fingerprint density at radius 3 is 2.48 bits per heavy atom. The van der Waals surface area contributed by atoms with E-state index in [1.54, 1.807) is 55.6 Å². The Balaban J connectivity index is 1.70. The van der Waals surface area contributed by atoms with Gasteiger partial charge in [-0.25, -0.2) is 4.99 Å². The molecule has 1 unspecified atom stereocenters. The summed E-state index contributed by atoms with van der Waals surface area (Å²) in [6.07, 6.45) is 0. The predicted molar refractivity (Wildman–Crippen MR) is 110 cm³/mol. The van der Waals surface area contributed by atoms with E-state index in [1.165, 1.54) is 17.0 Å². The summed E-state index contributed by atoms with van der Waals surface area (Å²) in [5, 5.41) is 0. The van der Waals surface area contributed by atoms with Gasteiger partial charge in [0.1, 0.15) is 17.2 Å². The van der Waals surface area contributed by atoms with Gasteiger partial charge < -0.3 is 15.2 Å². The number of para-hydroxylation sites is 1. The number of likely N-dealkylation sites (N-methyl/N-ethyl adjacent to an activating group) is 1. The van der Waals surface area contributed by atoms with Gasteiger partial charge in [0, 0.05) is 18.2 Å². The molecular formula is C23H17F2N3O3. The van der Waals surface area contributed by atoms with Gasteiger partial charge in [0.15, 0.2) is 5.96 Å². The Bertz CT molecular complexity index is 1240. The van der Waals surface area contributed by atoms with Crippen molar-refractivity contribution < 1.29 is 23.0 Å². The third kappa shape index (κ3) is 2.83. The molecule has 3 aromatic rings. The van der Waals surface area contributed by atoms with Gasteiger partial charge >= 0.3 is 6.61 Å². The molecule has 1 atom stereocenters. The smallest absolute Gasteiger partial charge is 0.387 e. The maximum Gasteiger partial charge on any atom is 0.387 e. The maximum atomic E-state index is 13.4. The summed E-state index contributed by atoms with van der Waals surface area (Å²) < 4.78 is 35.8. The van der Waals surface area contributed by atoms with E-state index in [1.807, 2.05) is 6.07 Å². The fourth-order valence-electron chi connectivity index (χ4n) is 4.04. The molecule has 3 aromatic carbocycles. The molecule has 5 rings (SSSR count). The highest BCUT2D eigenvalue weighted by Crippen LogP contribution is 2.52. The normalized spacial score (nSPS) is 19.2. The van der Waals surface area contributed by atoms with Gasteiger partial charge in [0.05, 0.1) is 0 Å². The van der Waals surface area contributed by atoms with Crippen molar-refractivity contribution in [3.05, 3.63) is 77.9 Å². The topological polar surface area (TPSA) is 77.2 Å². The predicted octanol–water partition coefficient (Wildman–Crippen LogP) is 4.09. The molecule has 31 heavy (non-hydrogen) atoms. The second-order valence-corrected chi connectivity index (χ2v) is 7.26. The zero-order valence-corrected chi connectivity index (χ0v) is 16.4. The molecule has 2 aliphatic heterocycles. The lowest BCUT2D eigenvalue weighted by Crippen LogP contribution is -2.42. The van der Waals surface area contributed by atoms with Crippen LogP contribution in [0.15, 0.2) is 71.7 Å². The Morgan fingerprint density at radius 1 is 1.00 bits per heavy atom. The third-order valence-corrected chi connectivity index (χ3v) is 5.50.